The number of aryl methyl sites for hydroxylation is 1. The second kappa shape index (κ2) is 10.8. The summed E-state index contributed by atoms with van der Waals surface area (Å²) >= 11 is 1.37. The first-order valence-electron chi connectivity index (χ1n) is 11.0. The molecule has 0 radical (unpaired) electrons. The van der Waals surface area contributed by atoms with E-state index >= 15 is 0 Å². The molecule has 0 saturated heterocycles. The summed E-state index contributed by atoms with van der Waals surface area (Å²) in [5.74, 6) is 0.0945. The molecule has 34 heavy (non-hydrogen) atoms. The number of benzene rings is 3. The molecule has 0 saturated carbocycles. The number of amides is 2. The summed E-state index contributed by atoms with van der Waals surface area (Å²) in [4.78, 5) is 31.3. The Morgan fingerprint density at radius 2 is 1.68 bits per heavy atom. The number of thiazole rings is 1. The monoisotopic (exact) mass is 471 g/mol. The van der Waals surface area contributed by atoms with E-state index in [1.807, 2.05) is 66.0 Å². The van der Waals surface area contributed by atoms with Crippen LogP contribution in [0.4, 0.5) is 16.5 Å². The van der Waals surface area contributed by atoms with E-state index in [4.69, 9.17) is 4.74 Å². The van der Waals surface area contributed by atoms with E-state index in [1.165, 1.54) is 23.8 Å². The van der Waals surface area contributed by atoms with Gasteiger partial charge in [0.15, 0.2) is 5.13 Å². The fourth-order valence-electron chi connectivity index (χ4n) is 3.42. The molecule has 0 aliphatic rings. The number of anilines is 3. The highest BCUT2D eigenvalue weighted by Crippen LogP contribution is 2.30. The van der Waals surface area contributed by atoms with Crippen LogP contribution >= 0.6 is 11.3 Å². The average Bonchev–Trinajstić information content (AvgIpc) is 3.32. The largest absolute Gasteiger partial charge is 0.486 e. The van der Waals surface area contributed by atoms with Crippen molar-refractivity contribution in [2.45, 2.75) is 26.9 Å². The van der Waals surface area contributed by atoms with Gasteiger partial charge in [0.1, 0.15) is 12.4 Å². The Kier molecular flexibility index (Phi) is 7.34. The molecule has 0 unspecified atom stereocenters. The number of rotatable bonds is 8. The Bertz CT molecular complexity index is 1270. The van der Waals surface area contributed by atoms with Gasteiger partial charge in [-0.2, -0.15) is 0 Å². The maximum absolute atomic E-state index is 12.8. The first-order valence-corrected chi connectivity index (χ1v) is 11.9. The van der Waals surface area contributed by atoms with Crippen LogP contribution in [0, 0.1) is 0 Å². The van der Waals surface area contributed by atoms with Gasteiger partial charge in [-0.15, -0.1) is 11.3 Å². The zero-order chi connectivity index (χ0) is 23.9. The number of nitrogens with zero attached hydrogens (tertiary/aromatic N) is 2. The number of hydrogen-bond donors (Lipinski definition) is 1. The summed E-state index contributed by atoms with van der Waals surface area (Å²) in [6, 6.07) is 24.2. The molecule has 4 aromatic rings. The molecule has 4 rings (SSSR count). The van der Waals surface area contributed by atoms with Crippen LogP contribution in [-0.2, 0) is 17.8 Å². The van der Waals surface area contributed by atoms with E-state index in [9.17, 15) is 9.59 Å². The number of ether oxygens (including phenoxy) is 1. The maximum atomic E-state index is 12.8. The van der Waals surface area contributed by atoms with E-state index in [0.717, 1.165) is 12.1 Å². The van der Waals surface area contributed by atoms with Crippen molar-refractivity contribution >= 4 is 39.7 Å². The second-order valence-electron chi connectivity index (χ2n) is 7.60. The Morgan fingerprint density at radius 1 is 0.971 bits per heavy atom. The zero-order valence-corrected chi connectivity index (χ0v) is 19.8. The molecule has 0 fully saturated rings. The van der Waals surface area contributed by atoms with Gasteiger partial charge >= 0.3 is 0 Å². The van der Waals surface area contributed by atoms with E-state index in [0.29, 0.717) is 27.8 Å². The molecule has 7 heteroatoms. The van der Waals surface area contributed by atoms with Crippen molar-refractivity contribution in [2.24, 2.45) is 0 Å². The molecule has 6 nitrogen and oxygen atoms in total. The molecule has 0 aliphatic carbocycles. The van der Waals surface area contributed by atoms with Gasteiger partial charge < -0.3 is 10.1 Å². The number of para-hydroxylation sites is 2. The highest BCUT2D eigenvalue weighted by molar-refractivity contribution is 7.14. The summed E-state index contributed by atoms with van der Waals surface area (Å²) in [6.07, 6.45) is 0.934. The SMILES string of the molecule is CCc1ccc(N(C(C)=O)c2nc(COc3ccccc3C(=O)Nc3ccccc3)cs2)cc1. The molecule has 172 valence electrons. The van der Waals surface area contributed by atoms with Gasteiger partial charge in [0, 0.05) is 18.0 Å². The first-order chi connectivity index (χ1) is 16.5. The van der Waals surface area contributed by atoms with Crippen LogP contribution in [-0.4, -0.2) is 16.8 Å². The maximum Gasteiger partial charge on any atom is 0.259 e. The lowest BCUT2D eigenvalue weighted by Gasteiger charge is -2.18. The van der Waals surface area contributed by atoms with Crippen LogP contribution in [0.2, 0.25) is 0 Å². The quantitative estimate of drug-likeness (QED) is 0.331. The van der Waals surface area contributed by atoms with Crippen LogP contribution in [0.5, 0.6) is 5.75 Å². The summed E-state index contributed by atoms with van der Waals surface area (Å²) in [6.45, 7) is 3.79. The minimum absolute atomic E-state index is 0.117. The van der Waals surface area contributed by atoms with Crippen molar-refractivity contribution in [3.63, 3.8) is 0 Å². The Balaban J connectivity index is 1.47. The Morgan fingerprint density at radius 3 is 2.38 bits per heavy atom. The van der Waals surface area contributed by atoms with Gasteiger partial charge in [-0.1, -0.05) is 49.4 Å². The minimum Gasteiger partial charge on any atom is -0.486 e. The Hall–Kier alpha value is -3.97. The van der Waals surface area contributed by atoms with Gasteiger partial charge in [0.25, 0.3) is 5.91 Å². The van der Waals surface area contributed by atoms with Gasteiger partial charge in [-0.25, -0.2) is 4.98 Å². The van der Waals surface area contributed by atoms with Crippen LogP contribution in [0.1, 0.15) is 35.5 Å². The third kappa shape index (κ3) is 5.50. The van der Waals surface area contributed by atoms with Crippen molar-refractivity contribution in [1.29, 1.82) is 0 Å². The minimum atomic E-state index is -0.251. The highest BCUT2D eigenvalue weighted by Gasteiger charge is 2.19. The normalized spacial score (nSPS) is 10.5. The lowest BCUT2D eigenvalue weighted by atomic mass is 10.1. The summed E-state index contributed by atoms with van der Waals surface area (Å²) in [5.41, 5.74) is 3.80. The second-order valence-corrected chi connectivity index (χ2v) is 8.44. The smallest absolute Gasteiger partial charge is 0.259 e. The fourth-order valence-corrected chi connectivity index (χ4v) is 4.30. The van der Waals surface area contributed by atoms with Crippen LogP contribution in [0.3, 0.4) is 0 Å². The van der Waals surface area contributed by atoms with Crippen molar-refractivity contribution in [3.05, 3.63) is 101 Å². The lowest BCUT2D eigenvalue weighted by molar-refractivity contribution is -0.115. The van der Waals surface area contributed by atoms with Gasteiger partial charge in [-0.3, -0.25) is 14.5 Å². The Labute approximate surface area is 202 Å². The highest BCUT2D eigenvalue weighted by atomic mass is 32.1. The molecule has 0 bridgehead atoms. The number of aromatic nitrogens is 1. The number of carbonyl (C=O) groups is 2. The summed E-state index contributed by atoms with van der Waals surface area (Å²) in [7, 11) is 0. The van der Waals surface area contributed by atoms with Crippen molar-refractivity contribution in [2.75, 3.05) is 10.2 Å². The van der Waals surface area contributed by atoms with E-state index < -0.39 is 0 Å². The molecular formula is C27H25N3O3S. The fraction of sp³-hybridized carbons (Fsp3) is 0.148. The van der Waals surface area contributed by atoms with Crippen molar-refractivity contribution in [3.8, 4) is 5.75 Å². The third-order valence-corrected chi connectivity index (χ3v) is 6.06. The molecule has 1 aromatic heterocycles. The molecule has 3 aromatic carbocycles. The lowest BCUT2D eigenvalue weighted by Crippen LogP contribution is -2.22. The molecular weight excluding hydrogens is 446 g/mol. The number of hydrogen-bond acceptors (Lipinski definition) is 5. The van der Waals surface area contributed by atoms with Crippen LogP contribution < -0.4 is 15.0 Å². The molecule has 0 atom stereocenters. The van der Waals surface area contributed by atoms with Crippen LogP contribution in [0.15, 0.2) is 84.2 Å². The first kappa shape index (κ1) is 23.2. The van der Waals surface area contributed by atoms with Crippen LogP contribution in [0.25, 0.3) is 0 Å². The standard InChI is InChI=1S/C27H25N3O3S/c1-3-20-13-15-23(16-14-20)30(19(2)31)27-29-22(18-34-27)17-33-25-12-8-7-11-24(25)26(32)28-21-9-5-4-6-10-21/h4-16,18H,3,17H2,1-2H3,(H,28,32). The van der Waals surface area contributed by atoms with E-state index in [2.05, 4.69) is 17.2 Å². The summed E-state index contributed by atoms with van der Waals surface area (Å²) in [5, 5.41) is 5.31. The predicted octanol–water partition coefficient (Wildman–Crippen LogP) is 6.22. The third-order valence-electron chi connectivity index (χ3n) is 5.19. The zero-order valence-electron chi connectivity index (χ0n) is 19.0. The summed E-state index contributed by atoms with van der Waals surface area (Å²) < 4.78 is 5.95. The van der Waals surface area contributed by atoms with Crippen molar-refractivity contribution in [1.82, 2.24) is 4.98 Å². The number of nitrogens with one attached hydrogen (secondary N) is 1. The molecule has 1 N–H and O–H groups in total. The topological polar surface area (TPSA) is 71.5 Å². The predicted molar refractivity (Wildman–Crippen MR) is 136 cm³/mol. The van der Waals surface area contributed by atoms with E-state index in [-0.39, 0.29) is 18.4 Å². The van der Waals surface area contributed by atoms with E-state index in [1.54, 1.807) is 23.1 Å². The van der Waals surface area contributed by atoms with Crippen molar-refractivity contribution < 1.29 is 14.3 Å². The average molecular weight is 472 g/mol. The molecule has 1 heterocycles. The van der Waals surface area contributed by atoms with Gasteiger partial charge in [-0.05, 0) is 48.4 Å². The van der Waals surface area contributed by atoms with Gasteiger partial charge in [0.2, 0.25) is 5.91 Å². The molecule has 0 aliphatic heterocycles. The van der Waals surface area contributed by atoms with Gasteiger partial charge in [0.05, 0.1) is 16.9 Å². The molecule has 0 spiro atoms. The number of carbonyl (C=O) groups excluding carboxylic acids is 2. The molecule has 2 amide bonds.